The smallest absolute Gasteiger partial charge is 0.306 e. The quantitative estimate of drug-likeness (QED) is 0.589. The molecule has 0 aromatic carbocycles. The highest BCUT2D eigenvalue weighted by atomic mass is 16.4. The van der Waals surface area contributed by atoms with Crippen molar-refractivity contribution in [2.45, 2.75) is 19.3 Å². The number of carbonyl (C=O) groups is 1. The maximum atomic E-state index is 10.4. The molecule has 0 radical (unpaired) electrons. The van der Waals surface area contributed by atoms with Crippen molar-refractivity contribution >= 4 is 5.97 Å². The highest BCUT2D eigenvalue weighted by Crippen LogP contribution is 2.29. The molecule has 0 aromatic heterocycles. The van der Waals surface area contributed by atoms with Crippen LogP contribution in [0.3, 0.4) is 0 Å². The van der Waals surface area contributed by atoms with Gasteiger partial charge in [0.05, 0.1) is 5.92 Å². The van der Waals surface area contributed by atoms with Crippen molar-refractivity contribution in [2.75, 3.05) is 6.54 Å². The molecule has 3 N–H and O–H groups in total. The maximum Gasteiger partial charge on any atom is 0.306 e. The van der Waals surface area contributed by atoms with Crippen molar-refractivity contribution < 1.29 is 9.90 Å². The van der Waals surface area contributed by atoms with Gasteiger partial charge in [-0.1, -0.05) is 0 Å². The SMILES string of the molecule is NC[C@H]1CC[C@H](C(=O)O)C1. The molecule has 3 nitrogen and oxygen atoms in total. The lowest BCUT2D eigenvalue weighted by Gasteiger charge is -2.03. The molecule has 1 saturated carbocycles. The Balaban J connectivity index is 2.35. The second-order valence-corrected chi connectivity index (χ2v) is 2.95. The third-order valence-corrected chi connectivity index (χ3v) is 2.22. The number of hydrogen-bond donors (Lipinski definition) is 2. The summed E-state index contributed by atoms with van der Waals surface area (Å²) in [6.07, 6.45) is 2.59. The summed E-state index contributed by atoms with van der Waals surface area (Å²) in [4.78, 5) is 10.4. The Kier molecular flexibility index (Phi) is 2.27. The predicted octanol–water partition coefficient (Wildman–Crippen LogP) is 0.446. The van der Waals surface area contributed by atoms with Crippen molar-refractivity contribution in [1.82, 2.24) is 0 Å². The third kappa shape index (κ3) is 1.48. The van der Waals surface area contributed by atoms with E-state index >= 15 is 0 Å². The first-order valence-corrected chi connectivity index (χ1v) is 3.67. The Morgan fingerprint density at radius 1 is 1.60 bits per heavy atom. The molecule has 0 spiro atoms. The molecular formula is C7H13NO2. The van der Waals surface area contributed by atoms with Gasteiger partial charge in [0, 0.05) is 0 Å². The first kappa shape index (κ1) is 7.54. The third-order valence-electron chi connectivity index (χ3n) is 2.22. The predicted molar refractivity (Wildman–Crippen MR) is 37.5 cm³/mol. The summed E-state index contributed by atoms with van der Waals surface area (Å²) >= 11 is 0. The Bertz CT molecular complexity index is 136. The number of carboxylic acid groups (broad SMARTS) is 1. The van der Waals surface area contributed by atoms with Crippen molar-refractivity contribution in [3.05, 3.63) is 0 Å². The second-order valence-electron chi connectivity index (χ2n) is 2.95. The molecule has 1 rings (SSSR count). The van der Waals surface area contributed by atoms with Crippen molar-refractivity contribution in [3.8, 4) is 0 Å². The summed E-state index contributed by atoms with van der Waals surface area (Å²) in [5.74, 6) is -0.314. The normalized spacial score (nSPS) is 32.5. The second kappa shape index (κ2) is 3.01. The molecule has 0 aliphatic heterocycles. The first-order chi connectivity index (χ1) is 4.74. The molecule has 58 valence electrons. The molecule has 0 aromatic rings. The van der Waals surface area contributed by atoms with E-state index in [2.05, 4.69) is 0 Å². The van der Waals surface area contributed by atoms with E-state index in [1.165, 1.54) is 0 Å². The van der Waals surface area contributed by atoms with E-state index in [4.69, 9.17) is 10.8 Å². The number of hydrogen-bond acceptors (Lipinski definition) is 2. The summed E-state index contributed by atoms with van der Waals surface area (Å²) in [5.41, 5.74) is 5.40. The molecule has 2 atom stereocenters. The Labute approximate surface area is 60.2 Å². The van der Waals surface area contributed by atoms with Gasteiger partial charge in [-0.15, -0.1) is 0 Å². The van der Waals surface area contributed by atoms with Crippen LogP contribution < -0.4 is 5.73 Å². The van der Waals surface area contributed by atoms with Crippen LogP contribution in [0, 0.1) is 11.8 Å². The van der Waals surface area contributed by atoms with Crippen LogP contribution in [0.1, 0.15) is 19.3 Å². The lowest BCUT2D eigenvalue weighted by atomic mass is 10.1. The zero-order chi connectivity index (χ0) is 7.56. The fourth-order valence-corrected chi connectivity index (χ4v) is 1.51. The first-order valence-electron chi connectivity index (χ1n) is 3.67. The van der Waals surface area contributed by atoms with E-state index in [0.29, 0.717) is 12.5 Å². The van der Waals surface area contributed by atoms with E-state index in [9.17, 15) is 4.79 Å². The summed E-state index contributed by atoms with van der Waals surface area (Å²) in [6.45, 7) is 0.643. The Morgan fingerprint density at radius 2 is 2.30 bits per heavy atom. The number of aliphatic carboxylic acids is 1. The largest absolute Gasteiger partial charge is 0.481 e. The average molecular weight is 143 g/mol. The molecule has 0 saturated heterocycles. The highest BCUT2D eigenvalue weighted by Gasteiger charge is 2.28. The van der Waals surface area contributed by atoms with Gasteiger partial charge in [-0.3, -0.25) is 4.79 Å². The van der Waals surface area contributed by atoms with Crippen LogP contribution in [0.2, 0.25) is 0 Å². The summed E-state index contributed by atoms with van der Waals surface area (Å²) < 4.78 is 0. The number of carboxylic acids is 1. The Hall–Kier alpha value is -0.570. The van der Waals surface area contributed by atoms with Gasteiger partial charge in [-0.05, 0) is 31.7 Å². The van der Waals surface area contributed by atoms with Gasteiger partial charge in [-0.25, -0.2) is 0 Å². The Morgan fingerprint density at radius 3 is 2.60 bits per heavy atom. The van der Waals surface area contributed by atoms with Crippen LogP contribution in [-0.2, 0) is 4.79 Å². The van der Waals surface area contributed by atoms with E-state index in [-0.39, 0.29) is 5.92 Å². The molecule has 0 bridgehead atoms. The lowest BCUT2D eigenvalue weighted by molar-refractivity contribution is -0.141. The standard InChI is InChI=1S/C7H13NO2/c8-4-5-1-2-6(3-5)7(9)10/h5-6H,1-4,8H2,(H,9,10)/t5-,6-/m0/s1. The summed E-state index contributed by atoms with van der Waals surface area (Å²) in [6, 6.07) is 0. The fourth-order valence-electron chi connectivity index (χ4n) is 1.51. The highest BCUT2D eigenvalue weighted by molar-refractivity contribution is 5.70. The van der Waals surface area contributed by atoms with Gasteiger partial charge in [0.2, 0.25) is 0 Å². The summed E-state index contributed by atoms with van der Waals surface area (Å²) in [7, 11) is 0. The molecule has 0 amide bonds. The summed E-state index contributed by atoms with van der Waals surface area (Å²) in [5, 5.41) is 8.59. The zero-order valence-electron chi connectivity index (χ0n) is 5.92. The minimum absolute atomic E-state index is 0.117. The van der Waals surface area contributed by atoms with Crippen LogP contribution in [-0.4, -0.2) is 17.6 Å². The topological polar surface area (TPSA) is 63.3 Å². The fraction of sp³-hybridized carbons (Fsp3) is 0.857. The number of nitrogens with two attached hydrogens (primary N) is 1. The van der Waals surface area contributed by atoms with Crippen LogP contribution >= 0.6 is 0 Å². The van der Waals surface area contributed by atoms with Gasteiger partial charge in [0.25, 0.3) is 0 Å². The molecular weight excluding hydrogens is 130 g/mol. The molecule has 1 fully saturated rings. The van der Waals surface area contributed by atoms with E-state index < -0.39 is 5.97 Å². The van der Waals surface area contributed by atoms with Crippen LogP contribution in [0.25, 0.3) is 0 Å². The van der Waals surface area contributed by atoms with Crippen molar-refractivity contribution in [2.24, 2.45) is 17.6 Å². The zero-order valence-corrected chi connectivity index (χ0v) is 5.92. The minimum atomic E-state index is -0.657. The molecule has 3 heteroatoms. The molecule has 10 heavy (non-hydrogen) atoms. The molecule has 1 aliphatic rings. The van der Waals surface area contributed by atoms with Crippen molar-refractivity contribution in [1.29, 1.82) is 0 Å². The van der Waals surface area contributed by atoms with Crippen LogP contribution in [0.5, 0.6) is 0 Å². The molecule has 0 unspecified atom stereocenters. The van der Waals surface area contributed by atoms with Crippen molar-refractivity contribution in [3.63, 3.8) is 0 Å². The van der Waals surface area contributed by atoms with Gasteiger partial charge in [-0.2, -0.15) is 0 Å². The average Bonchev–Trinajstić information content (AvgIpc) is 2.34. The van der Waals surface area contributed by atoms with Crippen LogP contribution in [0.15, 0.2) is 0 Å². The maximum absolute atomic E-state index is 10.4. The monoisotopic (exact) mass is 143 g/mol. The molecule has 1 aliphatic carbocycles. The number of rotatable bonds is 2. The van der Waals surface area contributed by atoms with Gasteiger partial charge >= 0.3 is 5.97 Å². The van der Waals surface area contributed by atoms with Crippen LogP contribution in [0.4, 0.5) is 0 Å². The van der Waals surface area contributed by atoms with E-state index in [1.807, 2.05) is 0 Å². The van der Waals surface area contributed by atoms with Gasteiger partial charge in [0.1, 0.15) is 0 Å². The van der Waals surface area contributed by atoms with Gasteiger partial charge < -0.3 is 10.8 Å². The minimum Gasteiger partial charge on any atom is -0.481 e. The van der Waals surface area contributed by atoms with E-state index in [0.717, 1.165) is 19.3 Å². The lowest BCUT2D eigenvalue weighted by Crippen LogP contribution is -2.13. The van der Waals surface area contributed by atoms with Gasteiger partial charge in [0.15, 0.2) is 0 Å². The molecule has 0 heterocycles. The van der Waals surface area contributed by atoms with E-state index in [1.54, 1.807) is 0 Å².